The molecule has 0 unspecified atom stereocenters. The molecule has 7 nitrogen and oxygen atoms in total. The Morgan fingerprint density at radius 2 is 1.61 bits per heavy atom. The largest absolute Gasteiger partial charge is 0.356 e. The fourth-order valence-electron chi connectivity index (χ4n) is 4.36. The van der Waals surface area contributed by atoms with Crippen molar-refractivity contribution in [3.8, 4) is 0 Å². The molecule has 1 aromatic rings. The number of fused-ring (bicyclic) bond motifs is 1. The first-order valence-corrected chi connectivity index (χ1v) is 11.8. The number of carbonyl (C=O) groups is 3. The van der Waals surface area contributed by atoms with Crippen LogP contribution < -0.4 is 16.0 Å². The maximum Gasteiger partial charge on any atom is 0.315 e. The lowest BCUT2D eigenvalue weighted by atomic mass is 9.96. The zero-order chi connectivity index (χ0) is 21.9. The van der Waals surface area contributed by atoms with Gasteiger partial charge in [0.2, 0.25) is 11.8 Å². The molecular weight excluding hydrogens is 392 g/mol. The summed E-state index contributed by atoms with van der Waals surface area (Å²) >= 11 is 0. The Kier molecular flexibility index (Phi) is 9.18. The van der Waals surface area contributed by atoms with E-state index in [-0.39, 0.29) is 17.8 Å². The van der Waals surface area contributed by atoms with Gasteiger partial charge in [-0.05, 0) is 43.2 Å². The van der Waals surface area contributed by atoms with Crippen molar-refractivity contribution >= 4 is 17.8 Å². The van der Waals surface area contributed by atoms with Crippen molar-refractivity contribution < 1.29 is 14.4 Å². The van der Waals surface area contributed by atoms with Crippen LogP contribution in [0.1, 0.15) is 68.9 Å². The van der Waals surface area contributed by atoms with Crippen LogP contribution in [-0.2, 0) is 22.6 Å². The van der Waals surface area contributed by atoms with Gasteiger partial charge in [-0.2, -0.15) is 0 Å². The summed E-state index contributed by atoms with van der Waals surface area (Å²) in [6.45, 7) is 2.44. The highest BCUT2D eigenvalue weighted by atomic mass is 16.2. The summed E-state index contributed by atoms with van der Waals surface area (Å²) < 4.78 is 0. The average molecular weight is 429 g/mol. The average Bonchev–Trinajstić information content (AvgIpc) is 2.79. The standard InChI is InChI=1S/C24H36N4O3/c29-22(12-6-16-26-24(31)27-21-10-2-1-3-11-21)25-15-7-13-23(30)28-17-14-19-8-4-5-9-20(19)18-28/h4-5,8-9,21H,1-3,6-7,10-18H2,(H,25,29)(H2,26,27,31). The fourth-order valence-corrected chi connectivity index (χ4v) is 4.36. The minimum atomic E-state index is -0.133. The van der Waals surface area contributed by atoms with Gasteiger partial charge in [0.1, 0.15) is 0 Å². The van der Waals surface area contributed by atoms with E-state index in [1.807, 2.05) is 17.0 Å². The molecule has 4 amide bonds. The maximum absolute atomic E-state index is 12.4. The first-order chi connectivity index (χ1) is 15.1. The van der Waals surface area contributed by atoms with E-state index in [1.165, 1.54) is 30.4 Å². The molecule has 3 N–H and O–H groups in total. The first kappa shape index (κ1) is 23.1. The molecule has 7 heteroatoms. The van der Waals surface area contributed by atoms with E-state index >= 15 is 0 Å². The van der Waals surface area contributed by atoms with E-state index in [0.29, 0.717) is 51.4 Å². The van der Waals surface area contributed by atoms with Gasteiger partial charge in [0.25, 0.3) is 0 Å². The molecule has 1 fully saturated rings. The summed E-state index contributed by atoms with van der Waals surface area (Å²) in [7, 11) is 0. The van der Waals surface area contributed by atoms with Gasteiger partial charge in [-0.15, -0.1) is 0 Å². The molecule has 1 heterocycles. The maximum atomic E-state index is 12.4. The van der Waals surface area contributed by atoms with Crippen LogP contribution in [0.15, 0.2) is 24.3 Å². The molecule has 0 atom stereocenters. The van der Waals surface area contributed by atoms with Crippen LogP contribution in [0.5, 0.6) is 0 Å². The molecule has 170 valence electrons. The SMILES string of the molecule is O=C(CCCNC(=O)NC1CCCCC1)NCCCC(=O)N1CCc2ccccc2C1. The summed E-state index contributed by atoms with van der Waals surface area (Å²) in [6, 6.07) is 8.43. The van der Waals surface area contributed by atoms with E-state index in [2.05, 4.69) is 28.1 Å². The third-order valence-corrected chi connectivity index (χ3v) is 6.18. The normalized spacial score (nSPS) is 16.3. The lowest BCUT2D eigenvalue weighted by Gasteiger charge is -2.29. The first-order valence-electron chi connectivity index (χ1n) is 11.8. The van der Waals surface area contributed by atoms with Gasteiger partial charge in [-0.1, -0.05) is 43.5 Å². The summed E-state index contributed by atoms with van der Waals surface area (Å²) in [5, 5.41) is 8.71. The number of amides is 4. The number of carbonyl (C=O) groups excluding carboxylic acids is 3. The van der Waals surface area contributed by atoms with Gasteiger partial charge in [-0.3, -0.25) is 9.59 Å². The predicted molar refractivity (Wildman–Crippen MR) is 120 cm³/mol. The topological polar surface area (TPSA) is 90.5 Å². The summed E-state index contributed by atoms with van der Waals surface area (Å²) in [4.78, 5) is 38.2. The highest BCUT2D eigenvalue weighted by molar-refractivity contribution is 5.77. The molecule has 0 radical (unpaired) electrons. The van der Waals surface area contributed by atoms with Crippen molar-refractivity contribution in [1.29, 1.82) is 0 Å². The number of nitrogens with one attached hydrogen (secondary N) is 3. The second-order valence-corrected chi connectivity index (χ2v) is 8.63. The molecule has 2 aliphatic rings. The number of urea groups is 1. The highest BCUT2D eigenvalue weighted by Crippen LogP contribution is 2.19. The zero-order valence-electron chi connectivity index (χ0n) is 18.5. The molecular formula is C24H36N4O3. The molecule has 1 aromatic carbocycles. The molecule has 1 aliphatic carbocycles. The van der Waals surface area contributed by atoms with E-state index in [0.717, 1.165) is 25.8 Å². The molecule has 31 heavy (non-hydrogen) atoms. The van der Waals surface area contributed by atoms with Crippen molar-refractivity contribution in [2.24, 2.45) is 0 Å². The number of hydrogen-bond donors (Lipinski definition) is 3. The Bertz CT molecular complexity index is 746. The Morgan fingerprint density at radius 3 is 2.42 bits per heavy atom. The van der Waals surface area contributed by atoms with Gasteiger partial charge in [-0.25, -0.2) is 4.79 Å². The van der Waals surface area contributed by atoms with Crippen LogP contribution in [-0.4, -0.2) is 48.4 Å². The monoisotopic (exact) mass is 428 g/mol. The summed E-state index contributed by atoms with van der Waals surface area (Å²) in [5.41, 5.74) is 2.57. The molecule has 1 saturated carbocycles. The quantitative estimate of drug-likeness (QED) is 0.528. The molecule has 3 rings (SSSR count). The number of benzene rings is 1. The third kappa shape index (κ3) is 7.89. The minimum absolute atomic E-state index is 0.0335. The van der Waals surface area contributed by atoms with Gasteiger partial charge in [0.15, 0.2) is 0 Å². The lowest BCUT2D eigenvalue weighted by Crippen LogP contribution is -2.43. The lowest BCUT2D eigenvalue weighted by molar-refractivity contribution is -0.132. The van der Waals surface area contributed by atoms with Crippen LogP contribution in [0.4, 0.5) is 4.79 Å². The second-order valence-electron chi connectivity index (χ2n) is 8.63. The number of hydrogen-bond acceptors (Lipinski definition) is 3. The van der Waals surface area contributed by atoms with Crippen LogP contribution in [0.3, 0.4) is 0 Å². The van der Waals surface area contributed by atoms with Gasteiger partial charge >= 0.3 is 6.03 Å². The van der Waals surface area contributed by atoms with E-state index in [4.69, 9.17) is 0 Å². The Morgan fingerprint density at radius 1 is 0.903 bits per heavy atom. The van der Waals surface area contributed by atoms with Crippen molar-refractivity contribution in [2.75, 3.05) is 19.6 Å². The van der Waals surface area contributed by atoms with Crippen molar-refractivity contribution in [1.82, 2.24) is 20.9 Å². The summed E-state index contributed by atoms with van der Waals surface area (Å²) in [5.74, 6) is 0.116. The fraction of sp³-hybridized carbons (Fsp3) is 0.625. The van der Waals surface area contributed by atoms with E-state index in [1.54, 1.807) is 0 Å². The van der Waals surface area contributed by atoms with Gasteiger partial charge in [0.05, 0.1) is 0 Å². The summed E-state index contributed by atoms with van der Waals surface area (Å²) in [6.07, 6.45) is 8.73. The molecule has 0 aromatic heterocycles. The Labute approximate surface area is 185 Å². The van der Waals surface area contributed by atoms with Crippen LogP contribution >= 0.6 is 0 Å². The van der Waals surface area contributed by atoms with Crippen molar-refractivity contribution in [3.63, 3.8) is 0 Å². The third-order valence-electron chi connectivity index (χ3n) is 6.18. The zero-order valence-corrected chi connectivity index (χ0v) is 18.5. The molecule has 0 bridgehead atoms. The Balaban J connectivity index is 1.20. The van der Waals surface area contributed by atoms with Crippen molar-refractivity contribution in [3.05, 3.63) is 35.4 Å². The smallest absolute Gasteiger partial charge is 0.315 e. The van der Waals surface area contributed by atoms with Gasteiger partial charge in [0, 0.05) is 45.1 Å². The van der Waals surface area contributed by atoms with Gasteiger partial charge < -0.3 is 20.9 Å². The van der Waals surface area contributed by atoms with E-state index in [9.17, 15) is 14.4 Å². The van der Waals surface area contributed by atoms with E-state index < -0.39 is 0 Å². The highest BCUT2D eigenvalue weighted by Gasteiger charge is 2.20. The Hall–Kier alpha value is -2.57. The molecule has 1 aliphatic heterocycles. The second kappa shape index (κ2) is 12.3. The van der Waals surface area contributed by atoms with Crippen LogP contribution in [0.25, 0.3) is 0 Å². The van der Waals surface area contributed by atoms with Crippen LogP contribution in [0, 0.1) is 0 Å². The van der Waals surface area contributed by atoms with Crippen LogP contribution in [0.2, 0.25) is 0 Å². The number of rotatable bonds is 9. The number of nitrogens with zero attached hydrogens (tertiary/aromatic N) is 1. The molecule has 0 saturated heterocycles. The van der Waals surface area contributed by atoms with Crippen molar-refractivity contribution in [2.45, 2.75) is 76.8 Å². The predicted octanol–water partition coefficient (Wildman–Crippen LogP) is 2.88. The minimum Gasteiger partial charge on any atom is -0.356 e. The molecule has 0 spiro atoms.